The predicted molar refractivity (Wildman–Crippen MR) is 68.7 cm³/mol. The largest absolute Gasteiger partial charge is 0.372 e. The van der Waals surface area contributed by atoms with E-state index in [1.807, 2.05) is 18.7 Å². The maximum absolute atomic E-state index is 12.1. The molecule has 100 valence electrons. The van der Waals surface area contributed by atoms with Gasteiger partial charge in [0, 0.05) is 19.2 Å². The summed E-state index contributed by atoms with van der Waals surface area (Å²) >= 11 is 0. The van der Waals surface area contributed by atoms with Gasteiger partial charge in [0.15, 0.2) is 0 Å². The summed E-state index contributed by atoms with van der Waals surface area (Å²) in [4.78, 5) is 14.0. The minimum Gasteiger partial charge on any atom is -0.372 e. The smallest absolute Gasteiger partial charge is 0.248 e. The monoisotopic (exact) mass is 242 g/mol. The van der Waals surface area contributed by atoms with Gasteiger partial charge in [-0.2, -0.15) is 0 Å². The Balaban J connectivity index is 2.60. The zero-order valence-electron chi connectivity index (χ0n) is 11.2. The van der Waals surface area contributed by atoms with Gasteiger partial charge < -0.3 is 15.4 Å². The lowest BCUT2D eigenvalue weighted by Crippen LogP contribution is -2.49. The van der Waals surface area contributed by atoms with Crippen LogP contribution in [-0.4, -0.2) is 43.2 Å². The Hall–Kier alpha value is -0.610. The van der Waals surface area contributed by atoms with Crippen molar-refractivity contribution < 1.29 is 9.53 Å². The van der Waals surface area contributed by atoms with E-state index in [-0.39, 0.29) is 12.5 Å². The highest BCUT2D eigenvalue weighted by atomic mass is 16.5. The Bertz CT molecular complexity index is 233. The van der Waals surface area contributed by atoms with Crippen LogP contribution in [0.5, 0.6) is 0 Å². The van der Waals surface area contributed by atoms with E-state index in [4.69, 9.17) is 10.5 Å². The molecule has 1 amide bonds. The third kappa shape index (κ3) is 3.96. The summed E-state index contributed by atoms with van der Waals surface area (Å²) in [6.07, 6.45) is 4.70. The molecule has 1 saturated carbocycles. The highest BCUT2D eigenvalue weighted by Crippen LogP contribution is 2.27. The quantitative estimate of drug-likeness (QED) is 0.765. The summed E-state index contributed by atoms with van der Waals surface area (Å²) in [5, 5.41) is 0. The number of amides is 1. The SMILES string of the molecule is CCOCC(=O)N(CC)C1CCCCC1CN. The number of hydrogen-bond acceptors (Lipinski definition) is 3. The number of nitrogens with zero attached hydrogens (tertiary/aromatic N) is 1. The van der Waals surface area contributed by atoms with Gasteiger partial charge in [-0.1, -0.05) is 12.8 Å². The molecular weight excluding hydrogens is 216 g/mol. The molecule has 0 saturated heterocycles. The molecule has 4 heteroatoms. The van der Waals surface area contributed by atoms with Crippen LogP contribution in [0.3, 0.4) is 0 Å². The number of nitrogens with two attached hydrogens (primary N) is 1. The zero-order valence-corrected chi connectivity index (χ0v) is 11.2. The van der Waals surface area contributed by atoms with Crippen molar-refractivity contribution in [2.24, 2.45) is 11.7 Å². The van der Waals surface area contributed by atoms with E-state index >= 15 is 0 Å². The van der Waals surface area contributed by atoms with Gasteiger partial charge in [-0.15, -0.1) is 0 Å². The van der Waals surface area contributed by atoms with Crippen molar-refractivity contribution in [3.05, 3.63) is 0 Å². The Morgan fingerprint density at radius 3 is 2.65 bits per heavy atom. The van der Waals surface area contributed by atoms with E-state index in [1.165, 1.54) is 12.8 Å². The molecule has 0 radical (unpaired) electrons. The topological polar surface area (TPSA) is 55.6 Å². The lowest BCUT2D eigenvalue weighted by atomic mass is 9.83. The molecule has 0 aromatic rings. The van der Waals surface area contributed by atoms with E-state index in [0.29, 0.717) is 25.1 Å². The molecule has 2 atom stereocenters. The summed E-state index contributed by atoms with van der Waals surface area (Å²) in [7, 11) is 0. The highest BCUT2D eigenvalue weighted by molar-refractivity contribution is 5.77. The number of likely N-dealkylation sites (N-methyl/N-ethyl adjacent to an activating group) is 1. The van der Waals surface area contributed by atoms with Gasteiger partial charge >= 0.3 is 0 Å². The molecule has 4 nitrogen and oxygen atoms in total. The van der Waals surface area contributed by atoms with E-state index in [9.17, 15) is 4.79 Å². The molecule has 1 rings (SSSR count). The summed E-state index contributed by atoms with van der Waals surface area (Å²) < 4.78 is 5.22. The van der Waals surface area contributed by atoms with E-state index in [0.717, 1.165) is 19.4 Å². The van der Waals surface area contributed by atoms with E-state index in [2.05, 4.69) is 0 Å². The molecule has 17 heavy (non-hydrogen) atoms. The van der Waals surface area contributed by atoms with Crippen LogP contribution in [0, 0.1) is 5.92 Å². The fourth-order valence-electron chi connectivity index (χ4n) is 2.74. The minimum atomic E-state index is 0.111. The maximum atomic E-state index is 12.1. The molecule has 0 heterocycles. The molecule has 2 unspecified atom stereocenters. The molecule has 0 aromatic heterocycles. The Morgan fingerprint density at radius 1 is 1.35 bits per heavy atom. The lowest BCUT2D eigenvalue weighted by Gasteiger charge is -2.39. The van der Waals surface area contributed by atoms with Crippen LogP contribution in [0.1, 0.15) is 39.5 Å². The average Bonchev–Trinajstić information content (AvgIpc) is 2.37. The Labute approximate surface area is 104 Å². The van der Waals surface area contributed by atoms with Crippen molar-refractivity contribution in [2.75, 3.05) is 26.3 Å². The van der Waals surface area contributed by atoms with E-state index in [1.54, 1.807) is 0 Å². The van der Waals surface area contributed by atoms with E-state index < -0.39 is 0 Å². The number of rotatable bonds is 6. The van der Waals surface area contributed by atoms with Crippen molar-refractivity contribution in [1.29, 1.82) is 0 Å². The molecule has 1 aliphatic carbocycles. The molecule has 1 fully saturated rings. The fourth-order valence-corrected chi connectivity index (χ4v) is 2.74. The van der Waals surface area contributed by atoms with Crippen LogP contribution in [0.25, 0.3) is 0 Å². The minimum absolute atomic E-state index is 0.111. The first-order valence-electron chi connectivity index (χ1n) is 6.81. The second kappa shape index (κ2) is 7.67. The summed E-state index contributed by atoms with van der Waals surface area (Å²) in [5.41, 5.74) is 5.82. The molecule has 2 N–H and O–H groups in total. The van der Waals surface area contributed by atoms with Crippen LogP contribution < -0.4 is 5.73 Å². The second-order valence-corrected chi connectivity index (χ2v) is 4.66. The maximum Gasteiger partial charge on any atom is 0.248 e. The number of hydrogen-bond donors (Lipinski definition) is 1. The molecule has 0 aromatic carbocycles. The third-order valence-corrected chi connectivity index (χ3v) is 3.66. The number of ether oxygens (including phenoxy) is 1. The van der Waals surface area contributed by atoms with Gasteiger partial charge in [0.25, 0.3) is 0 Å². The van der Waals surface area contributed by atoms with Gasteiger partial charge in [0.05, 0.1) is 0 Å². The van der Waals surface area contributed by atoms with Crippen LogP contribution in [0.2, 0.25) is 0 Å². The summed E-state index contributed by atoms with van der Waals surface area (Å²) in [5.74, 6) is 0.578. The third-order valence-electron chi connectivity index (χ3n) is 3.66. The fraction of sp³-hybridized carbons (Fsp3) is 0.923. The van der Waals surface area contributed by atoms with Crippen LogP contribution in [0.15, 0.2) is 0 Å². The highest BCUT2D eigenvalue weighted by Gasteiger charge is 2.30. The normalized spacial score (nSPS) is 24.6. The zero-order chi connectivity index (χ0) is 12.7. The van der Waals surface area contributed by atoms with Crippen molar-refractivity contribution in [3.63, 3.8) is 0 Å². The predicted octanol–water partition coefficient (Wildman–Crippen LogP) is 1.39. The van der Waals surface area contributed by atoms with Crippen molar-refractivity contribution in [1.82, 2.24) is 4.90 Å². The van der Waals surface area contributed by atoms with Crippen LogP contribution in [-0.2, 0) is 9.53 Å². The molecule has 1 aliphatic rings. The first-order chi connectivity index (χ1) is 8.24. The van der Waals surface area contributed by atoms with Gasteiger partial charge in [0.1, 0.15) is 6.61 Å². The Morgan fingerprint density at radius 2 is 2.06 bits per heavy atom. The van der Waals surface area contributed by atoms with Gasteiger partial charge in [0.2, 0.25) is 5.91 Å². The van der Waals surface area contributed by atoms with Gasteiger partial charge in [-0.05, 0) is 39.2 Å². The van der Waals surface area contributed by atoms with Crippen LogP contribution in [0.4, 0.5) is 0 Å². The molecule has 0 aliphatic heterocycles. The summed E-state index contributed by atoms with van der Waals surface area (Å²) in [6.45, 7) is 6.18. The Kier molecular flexibility index (Phi) is 6.52. The van der Waals surface area contributed by atoms with Crippen molar-refractivity contribution in [2.45, 2.75) is 45.6 Å². The van der Waals surface area contributed by atoms with Gasteiger partial charge in [-0.3, -0.25) is 4.79 Å². The molecule has 0 bridgehead atoms. The number of carbonyl (C=O) groups is 1. The standard InChI is InChI=1S/C13H26N2O2/c1-3-15(13(16)10-17-4-2)12-8-6-5-7-11(12)9-14/h11-12H,3-10,14H2,1-2H3. The molecular formula is C13H26N2O2. The second-order valence-electron chi connectivity index (χ2n) is 4.66. The number of carbonyl (C=O) groups excluding carboxylic acids is 1. The first kappa shape index (κ1) is 14.5. The molecule has 0 spiro atoms. The first-order valence-corrected chi connectivity index (χ1v) is 6.81. The van der Waals surface area contributed by atoms with Gasteiger partial charge in [-0.25, -0.2) is 0 Å². The van der Waals surface area contributed by atoms with Crippen molar-refractivity contribution >= 4 is 5.91 Å². The van der Waals surface area contributed by atoms with Crippen molar-refractivity contribution in [3.8, 4) is 0 Å². The summed E-state index contributed by atoms with van der Waals surface area (Å²) in [6, 6.07) is 0.326. The van der Waals surface area contributed by atoms with Crippen LogP contribution >= 0.6 is 0 Å². The average molecular weight is 242 g/mol. The lowest BCUT2D eigenvalue weighted by molar-refractivity contribution is -0.140.